The van der Waals surface area contributed by atoms with Crippen LogP contribution >= 0.6 is 0 Å². The van der Waals surface area contributed by atoms with Crippen molar-refractivity contribution in [2.45, 2.75) is 26.1 Å². The van der Waals surface area contributed by atoms with E-state index in [0.717, 1.165) is 11.1 Å². The van der Waals surface area contributed by atoms with Gasteiger partial charge in [0.25, 0.3) is 0 Å². The summed E-state index contributed by atoms with van der Waals surface area (Å²) >= 11 is 0. The largest absolute Gasteiger partial charge is 0.493 e. The van der Waals surface area contributed by atoms with Crippen molar-refractivity contribution in [1.29, 1.82) is 0 Å². The van der Waals surface area contributed by atoms with Gasteiger partial charge in [-0.3, -0.25) is 4.98 Å². The molecule has 1 N–H and O–H groups in total. The van der Waals surface area contributed by atoms with E-state index < -0.39 is 12.9 Å². The van der Waals surface area contributed by atoms with Crippen LogP contribution in [0.4, 0.5) is 4.39 Å². The first kappa shape index (κ1) is 17.7. The fraction of sp³-hybridized carbons (Fsp3) is 0.389. The van der Waals surface area contributed by atoms with Gasteiger partial charge in [0, 0.05) is 42.1 Å². The number of ether oxygens (including phenoxy) is 2. The topological polar surface area (TPSA) is 60.8 Å². The number of pyridine rings is 1. The smallest absolute Gasteiger partial charge is 0.454 e. The van der Waals surface area contributed by atoms with Crippen LogP contribution in [0.2, 0.25) is 6.32 Å². The zero-order valence-corrected chi connectivity index (χ0v) is 14.6. The summed E-state index contributed by atoms with van der Waals surface area (Å²) < 4.78 is 30.7. The van der Waals surface area contributed by atoms with Crippen molar-refractivity contribution in [2.75, 3.05) is 20.3 Å². The lowest BCUT2D eigenvalue weighted by Gasteiger charge is -2.17. The van der Waals surface area contributed by atoms with E-state index in [-0.39, 0.29) is 5.92 Å². The fourth-order valence-electron chi connectivity index (χ4n) is 3.22. The van der Waals surface area contributed by atoms with Gasteiger partial charge in [-0.05, 0) is 37.4 Å². The van der Waals surface area contributed by atoms with Crippen molar-refractivity contribution < 1.29 is 23.5 Å². The first-order chi connectivity index (χ1) is 12.0. The molecule has 132 valence electrons. The molecule has 25 heavy (non-hydrogen) atoms. The minimum atomic E-state index is -0.754. The zero-order valence-electron chi connectivity index (χ0n) is 14.6. The van der Waals surface area contributed by atoms with Crippen molar-refractivity contribution in [3.8, 4) is 22.6 Å². The summed E-state index contributed by atoms with van der Waals surface area (Å²) in [4.78, 5) is 4.27. The highest BCUT2D eigenvalue weighted by Gasteiger charge is 2.31. The van der Waals surface area contributed by atoms with Crippen LogP contribution in [0.25, 0.3) is 11.1 Å². The molecule has 7 heteroatoms. The first-order valence-corrected chi connectivity index (χ1v) is 8.30. The molecule has 5 nitrogen and oxygen atoms in total. The molecule has 0 unspecified atom stereocenters. The van der Waals surface area contributed by atoms with E-state index in [1.54, 1.807) is 18.5 Å². The Kier molecular flexibility index (Phi) is 5.25. The molecule has 1 aliphatic heterocycles. The van der Waals surface area contributed by atoms with Crippen LogP contribution in [0.15, 0.2) is 24.5 Å². The first-order valence-electron chi connectivity index (χ1n) is 8.30. The van der Waals surface area contributed by atoms with Crippen LogP contribution < -0.4 is 9.47 Å². The van der Waals surface area contributed by atoms with Crippen LogP contribution in [0.5, 0.6) is 11.5 Å². The number of hydrogen-bond donors (Lipinski definition) is 1. The van der Waals surface area contributed by atoms with Crippen molar-refractivity contribution in [2.24, 2.45) is 0 Å². The Balaban J connectivity index is 2.06. The number of methoxy groups -OCH3 is 1. The molecule has 1 fully saturated rings. The lowest BCUT2D eigenvalue weighted by Crippen LogP contribution is -2.08. The van der Waals surface area contributed by atoms with Gasteiger partial charge >= 0.3 is 7.12 Å². The van der Waals surface area contributed by atoms with Gasteiger partial charge in [-0.1, -0.05) is 0 Å². The van der Waals surface area contributed by atoms with E-state index in [1.807, 2.05) is 13.8 Å². The summed E-state index contributed by atoms with van der Waals surface area (Å²) in [6.07, 6.45) is 3.92. The number of hydrogen-bond acceptors (Lipinski definition) is 5. The molecule has 0 saturated carbocycles. The Labute approximate surface area is 146 Å². The molecule has 1 saturated heterocycles. The van der Waals surface area contributed by atoms with Crippen LogP contribution in [-0.2, 0) is 4.65 Å². The van der Waals surface area contributed by atoms with Gasteiger partial charge in [0.05, 0.1) is 13.7 Å². The van der Waals surface area contributed by atoms with E-state index in [2.05, 4.69) is 4.98 Å². The zero-order chi connectivity index (χ0) is 18.0. The third kappa shape index (κ3) is 3.48. The summed E-state index contributed by atoms with van der Waals surface area (Å²) in [6.45, 7) is 4.68. The van der Waals surface area contributed by atoms with Gasteiger partial charge in [0.2, 0.25) is 0 Å². The highest BCUT2D eigenvalue weighted by atomic mass is 19.1. The molecule has 3 rings (SSSR count). The average molecular weight is 345 g/mol. The van der Waals surface area contributed by atoms with Gasteiger partial charge in [0.1, 0.15) is 5.82 Å². The quantitative estimate of drug-likeness (QED) is 0.844. The summed E-state index contributed by atoms with van der Waals surface area (Å²) in [5, 5.41) is 9.60. The molecule has 0 spiro atoms. The molecule has 1 aromatic carbocycles. The maximum Gasteiger partial charge on any atom is 0.454 e. The molecule has 0 amide bonds. The summed E-state index contributed by atoms with van der Waals surface area (Å²) in [5.41, 5.74) is 2.99. The highest BCUT2D eigenvalue weighted by Crippen LogP contribution is 2.38. The molecule has 2 heterocycles. The molecule has 1 atom stereocenters. The Morgan fingerprint density at radius 3 is 2.76 bits per heavy atom. The Hall–Kier alpha value is -2.12. The Morgan fingerprint density at radius 1 is 1.32 bits per heavy atom. The maximum atomic E-state index is 14.7. The van der Waals surface area contributed by atoms with Crippen LogP contribution in [0.3, 0.4) is 0 Å². The number of aromatic nitrogens is 1. The SMILES string of the molecule is CCOc1cc(-c2cncc([C@@H]3COB(O)C3)c2C)c(F)cc1OC. The van der Waals surface area contributed by atoms with E-state index in [0.29, 0.717) is 42.2 Å². The molecule has 1 aliphatic rings. The monoisotopic (exact) mass is 345 g/mol. The Morgan fingerprint density at radius 2 is 2.12 bits per heavy atom. The standard InChI is InChI=1S/C18H21BFNO4/c1-4-24-18-5-13(16(20)6-17(18)23-3)15-9-21-8-14(11(15)2)12-7-19(22)25-10-12/h5-6,8-9,12,22H,4,7,10H2,1-3H3/t12-/m0/s1. The van der Waals surface area contributed by atoms with Gasteiger partial charge in [0.15, 0.2) is 11.5 Å². The minimum absolute atomic E-state index is 0.0510. The van der Waals surface area contributed by atoms with Crippen molar-refractivity contribution in [1.82, 2.24) is 4.98 Å². The summed E-state index contributed by atoms with van der Waals surface area (Å²) in [6, 6.07) is 2.97. The van der Waals surface area contributed by atoms with E-state index in [1.165, 1.54) is 13.2 Å². The molecule has 2 aromatic rings. The second kappa shape index (κ2) is 7.41. The van der Waals surface area contributed by atoms with Gasteiger partial charge < -0.3 is 19.2 Å². The summed E-state index contributed by atoms with van der Waals surface area (Å²) in [7, 11) is 0.728. The summed E-state index contributed by atoms with van der Waals surface area (Å²) in [5.74, 6) is 0.503. The average Bonchev–Trinajstić information content (AvgIpc) is 3.03. The van der Waals surface area contributed by atoms with E-state index in [9.17, 15) is 9.41 Å². The lowest BCUT2D eigenvalue weighted by molar-refractivity contribution is 0.292. The van der Waals surface area contributed by atoms with Crippen molar-refractivity contribution in [3.63, 3.8) is 0 Å². The Bertz CT molecular complexity index is 771. The molecular formula is C18H21BFNO4. The predicted octanol–water partition coefficient (Wildman–Crippen LogP) is 3.20. The van der Waals surface area contributed by atoms with Gasteiger partial charge in [-0.15, -0.1) is 0 Å². The fourth-order valence-corrected chi connectivity index (χ4v) is 3.22. The molecule has 1 aromatic heterocycles. The second-order valence-electron chi connectivity index (χ2n) is 6.04. The van der Waals surface area contributed by atoms with Crippen molar-refractivity contribution in [3.05, 3.63) is 41.5 Å². The number of halogens is 1. The number of rotatable bonds is 5. The lowest BCUT2D eigenvalue weighted by atomic mass is 9.78. The third-order valence-electron chi connectivity index (χ3n) is 4.51. The second-order valence-corrected chi connectivity index (χ2v) is 6.04. The van der Waals surface area contributed by atoms with Crippen LogP contribution in [-0.4, -0.2) is 37.4 Å². The maximum absolute atomic E-state index is 14.7. The van der Waals surface area contributed by atoms with Crippen LogP contribution in [0.1, 0.15) is 24.0 Å². The van der Waals surface area contributed by atoms with Crippen molar-refractivity contribution >= 4 is 7.12 Å². The number of nitrogens with zero attached hydrogens (tertiary/aromatic N) is 1. The highest BCUT2D eigenvalue weighted by molar-refractivity contribution is 6.43. The van der Waals surface area contributed by atoms with E-state index >= 15 is 0 Å². The molecule has 0 radical (unpaired) electrons. The normalized spacial score (nSPS) is 17.0. The molecule has 0 bridgehead atoms. The minimum Gasteiger partial charge on any atom is -0.493 e. The van der Waals surface area contributed by atoms with Gasteiger partial charge in [-0.2, -0.15) is 0 Å². The predicted molar refractivity (Wildman–Crippen MR) is 93.6 cm³/mol. The van der Waals surface area contributed by atoms with E-state index in [4.69, 9.17) is 14.1 Å². The van der Waals surface area contributed by atoms with Gasteiger partial charge in [-0.25, -0.2) is 4.39 Å². The molecular weight excluding hydrogens is 324 g/mol. The third-order valence-corrected chi connectivity index (χ3v) is 4.51. The molecule has 0 aliphatic carbocycles. The van der Waals surface area contributed by atoms with Crippen LogP contribution in [0, 0.1) is 12.7 Å². The number of benzene rings is 1.